The van der Waals surface area contributed by atoms with Gasteiger partial charge in [0.15, 0.2) is 11.5 Å². The number of para-hydroxylation sites is 2. The lowest BCUT2D eigenvalue weighted by molar-refractivity contribution is 0.282. The van der Waals surface area contributed by atoms with Gasteiger partial charge in [-0.15, -0.1) is 0 Å². The largest absolute Gasteiger partial charge is 0.490 e. The van der Waals surface area contributed by atoms with E-state index >= 15 is 0 Å². The zero-order valence-corrected chi connectivity index (χ0v) is 11.8. The first-order valence-electron chi connectivity index (χ1n) is 7.18. The molecule has 2 aromatic rings. The molecule has 0 saturated heterocycles. The second-order valence-corrected chi connectivity index (χ2v) is 4.96. The fourth-order valence-corrected chi connectivity index (χ4v) is 2.41. The number of fused-ring (bicyclic) bond motifs is 1. The molecule has 4 nitrogen and oxygen atoms in total. The minimum Gasteiger partial charge on any atom is -0.490 e. The first-order chi connectivity index (χ1) is 10.4. The summed E-state index contributed by atoms with van der Waals surface area (Å²) in [6.45, 7) is 2.02. The third-order valence-electron chi connectivity index (χ3n) is 3.51. The summed E-state index contributed by atoms with van der Waals surface area (Å²) in [5, 5.41) is 12.7. The third kappa shape index (κ3) is 3.11. The van der Waals surface area contributed by atoms with E-state index in [0.717, 1.165) is 34.7 Å². The lowest BCUT2D eigenvalue weighted by Crippen LogP contribution is -2.05. The van der Waals surface area contributed by atoms with E-state index in [0.29, 0.717) is 19.8 Å². The van der Waals surface area contributed by atoms with Gasteiger partial charge >= 0.3 is 0 Å². The van der Waals surface area contributed by atoms with Crippen molar-refractivity contribution in [1.82, 2.24) is 0 Å². The van der Waals surface area contributed by atoms with Crippen LogP contribution in [0.5, 0.6) is 11.5 Å². The average Bonchev–Trinajstić information content (AvgIpc) is 2.79. The lowest BCUT2D eigenvalue weighted by atomic mass is 10.1. The molecule has 0 bridgehead atoms. The number of aliphatic hydroxyl groups is 1. The van der Waals surface area contributed by atoms with Gasteiger partial charge in [0.2, 0.25) is 0 Å². The molecule has 1 aliphatic rings. The van der Waals surface area contributed by atoms with Gasteiger partial charge in [0.1, 0.15) is 0 Å². The Labute approximate surface area is 124 Å². The maximum atomic E-state index is 9.36. The van der Waals surface area contributed by atoms with E-state index in [1.807, 2.05) is 42.5 Å². The molecular weight excluding hydrogens is 266 g/mol. The van der Waals surface area contributed by atoms with Crippen LogP contribution in [0.25, 0.3) is 0 Å². The van der Waals surface area contributed by atoms with E-state index in [1.54, 1.807) is 0 Å². The Morgan fingerprint density at radius 1 is 0.952 bits per heavy atom. The minimum atomic E-state index is 0.0235. The number of benzene rings is 2. The van der Waals surface area contributed by atoms with Crippen LogP contribution in [0.3, 0.4) is 0 Å². The van der Waals surface area contributed by atoms with E-state index < -0.39 is 0 Å². The van der Waals surface area contributed by atoms with Crippen molar-refractivity contribution in [1.29, 1.82) is 0 Å². The predicted octanol–water partition coefficient (Wildman–Crippen LogP) is 2.95. The molecule has 1 aliphatic heterocycles. The monoisotopic (exact) mass is 285 g/mol. The van der Waals surface area contributed by atoms with Crippen molar-refractivity contribution in [2.75, 3.05) is 18.5 Å². The zero-order chi connectivity index (χ0) is 14.5. The molecule has 0 spiro atoms. The summed E-state index contributed by atoms with van der Waals surface area (Å²) in [6.07, 6.45) is 0.898. The third-order valence-corrected chi connectivity index (χ3v) is 3.51. The Bertz CT molecular complexity index is 613. The molecule has 0 atom stereocenters. The van der Waals surface area contributed by atoms with Gasteiger partial charge in [-0.1, -0.05) is 30.3 Å². The number of hydrogen-bond acceptors (Lipinski definition) is 4. The number of rotatable bonds is 4. The van der Waals surface area contributed by atoms with E-state index in [4.69, 9.17) is 9.47 Å². The molecule has 3 rings (SSSR count). The number of aliphatic hydroxyl groups excluding tert-OH is 1. The molecule has 0 amide bonds. The summed E-state index contributed by atoms with van der Waals surface area (Å²) in [5.41, 5.74) is 2.88. The lowest BCUT2D eigenvalue weighted by Gasteiger charge is -2.15. The van der Waals surface area contributed by atoms with Crippen LogP contribution in [0, 0.1) is 0 Å². The van der Waals surface area contributed by atoms with Crippen LogP contribution in [0.15, 0.2) is 42.5 Å². The summed E-state index contributed by atoms with van der Waals surface area (Å²) in [5.74, 6) is 1.63. The van der Waals surface area contributed by atoms with Crippen LogP contribution in [0.2, 0.25) is 0 Å². The predicted molar refractivity (Wildman–Crippen MR) is 81.7 cm³/mol. The van der Waals surface area contributed by atoms with Crippen LogP contribution in [0.1, 0.15) is 17.5 Å². The number of nitrogens with one attached hydrogen (secondary N) is 1. The van der Waals surface area contributed by atoms with Crippen molar-refractivity contribution < 1.29 is 14.6 Å². The van der Waals surface area contributed by atoms with E-state index in [1.165, 1.54) is 0 Å². The highest BCUT2D eigenvalue weighted by molar-refractivity contribution is 5.53. The molecule has 21 heavy (non-hydrogen) atoms. The fourth-order valence-electron chi connectivity index (χ4n) is 2.41. The summed E-state index contributed by atoms with van der Waals surface area (Å²) in [7, 11) is 0. The zero-order valence-electron chi connectivity index (χ0n) is 11.8. The van der Waals surface area contributed by atoms with Gasteiger partial charge in [-0.3, -0.25) is 0 Å². The van der Waals surface area contributed by atoms with E-state index in [9.17, 15) is 5.11 Å². The average molecular weight is 285 g/mol. The van der Waals surface area contributed by atoms with Crippen molar-refractivity contribution in [3.8, 4) is 11.5 Å². The van der Waals surface area contributed by atoms with Gasteiger partial charge in [-0.25, -0.2) is 0 Å². The van der Waals surface area contributed by atoms with Gasteiger partial charge in [0.05, 0.1) is 19.8 Å². The molecule has 1 heterocycles. The second kappa shape index (κ2) is 6.50. The molecule has 2 aromatic carbocycles. The summed E-state index contributed by atoms with van der Waals surface area (Å²) in [4.78, 5) is 0. The maximum Gasteiger partial charge on any atom is 0.166 e. The van der Waals surface area contributed by atoms with E-state index in [2.05, 4.69) is 5.32 Å². The molecule has 0 aromatic heterocycles. The number of hydrogen-bond donors (Lipinski definition) is 2. The molecule has 110 valence electrons. The molecule has 0 fully saturated rings. The molecule has 0 radical (unpaired) electrons. The van der Waals surface area contributed by atoms with Gasteiger partial charge in [-0.2, -0.15) is 0 Å². The van der Waals surface area contributed by atoms with Crippen LogP contribution in [-0.4, -0.2) is 18.3 Å². The Morgan fingerprint density at radius 3 is 2.67 bits per heavy atom. The Kier molecular flexibility index (Phi) is 4.26. The SMILES string of the molecule is OCc1ccccc1NCc1cccc2c1OCCCO2. The van der Waals surface area contributed by atoms with Crippen molar-refractivity contribution in [3.63, 3.8) is 0 Å². The smallest absolute Gasteiger partial charge is 0.166 e. The van der Waals surface area contributed by atoms with Gasteiger partial charge < -0.3 is 19.9 Å². The Morgan fingerprint density at radius 2 is 1.76 bits per heavy atom. The number of ether oxygens (including phenoxy) is 2. The van der Waals surface area contributed by atoms with Gasteiger partial charge in [0, 0.05) is 29.8 Å². The first kappa shape index (κ1) is 13.8. The van der Waals surface area contributed by atoms with Crippen molar-refractivity contribution in [3.05, 3.63) is 53.6 Å². The van der Waals surface area contributed by atoms with E-state index in [-0.39, 0.29) is 6.61 Å². The van der Waals surface area contributed by atoms with Gasteiger partial charge in [-0.05, 0) is 12.1 Å². The number of anilines is 1. The Hall–Kier alpha value is -2.20. The molecule has 0 aliphatic carbocycles. The normalized spacial score (nSPS) is 13.6. The summed E-state index contributed by atoms with van der Waals surface area (Å²) < 4.78 is 11.5. The van der Waals surface area contributed by atoms with Crippen molar-refractivity contribution in [2.24, 2.45) is 0 Å². The molecule has 0 saturated carbocycles. The Balaban J connectivity index is 1.79. The maximum absolute atomic E-state index is 9.36. The standard InChI is InChI=1S/C17H19NO3/c19-12-14-5-1-2-7-15(14)18-11-13-6-3-8-16-17(13)21-10-4-9-20-16/h1-3,5-8,18-19H,4,9-12H2. The quantitative estimate of drug-likeness (QED) is 0.907. The van der Waals surface area contributed by atoms with Gasteiger partial charge in [0.25, 0.3) is 0 Å². The summed E-state index contributed by atoms with van der Waals surface area (Å²) >= 11 is 0. The molecule has 2 N–H and O–H groups in total. The highest BCUT2D eigenvalue weighted by Gasteiger charge is 2.14. The van der Waals surface area contributed by atoms with Crippen LogP contribution in [-0.2, 0) is 13.2 Å². The summed E-state index contributed by atoms with van der Waals surface area (Å²) in [6, 6.07) is 13.7. The fraction of sp³-hybridized carbons (Fsp3) is 0.294. The minimum absolute atomic E-state index is 0.0235. The molecular formula is C17H19NO3. The highest BCUT2D eigenvalue weighted by Crippen LogP contribution is 2.33. The van der Waals surface area contributed by atoms with Crippen LogP contribution in [0.4, 0.5) is 5.69 Å². The van der Waals surface area contributed by atoms with Crippen molar-refractivity contribution >= 4 is 5.69 Å². The first-order valence-corrected chi connectivity index (χ1v) is 7.18. The van der Waals surface area contributed by atoms with Crippen LogP contribution >= 0.6 is 0 Å². The molecule has 0 unspecified atom stereocenters. The molecule has 4 heteroatoms. The van der Waals surface area contributed by atoms with Crippen LogP contribution < -0.4 is 14.8 Å². The second-order valence-electron chi connectivity index (χ2n) is 4.96. The highest BCUT2D eigenvalue weighted by atomic mass is 16.5. The topological polar surface area (TPSA) is 50.7 Å². The van der Waals surface area contributed by atoms with Crippen molar-refractivity contribution in [2.45, 2.75) is 19.6 Å².